The van der Waals surface area contributed by atoms with E-state index in [4.69, 9.17) is 27.6 Å². The van der Waals surface area contributed by atoms with Gasteiger partial charge in [0, 0.05) is 22.5 Å². The molecule has 0 aliphatic heterocycles. The highest BCUT2D eigenvalue weighted by Crippen LogP contribution is 2.30. The molecule has 0 saturated carbocycles. The van der Waals surface area contributed by atoms with Crippen LogP contribution in [0, 0.1) is 6.92 Å². The van der Waals surface area contributed by atoms with Crippen molar-refractivity contribution in [3.63, 3.8) is 0 Å². The predicted molar refractivity (Wildman–Crippen MR) is 100 cm³/mol. The molecule has 124 valence electrons. The molecule has 0 radical (unpaired) electrons. The lowest BCUT2D eigenvalue weighted by molar-refractivity contribution is 0.527. The van der Waals surface area contributed by atoms with E-state index in [-0.39, 0.29) is 0 Å². The molecule has 7 heteroatoms. The van der Waals surface area contributed by atoms with Crippen molar-refractivity contribution in [1.29, 1.82) is 0 Å². The van der Waals surface area contributed by atoms with E-state index in [0.717, 1.165) is 21.8 Å². The Kier molecular flexibility index (Phi) is 5.23. The summed E-state index contributed by atoms with van der Waals surface area (Å²) < 4.78 is 7.29. The fourth-order valence-corrected chi connectivity index (χ4v) is 3.45. The van der Waals surface area contributed by atoms with Crippen LogP contribution in [-0.2, 0) is 0 Å². The van der Waals surface area contributed by atoms with Crippen molar-refractivity contribution in [1.82, 2.24) is 4.68 Å². The van der Waals surface area contributed by atoms with Crippen LogP contribution in [0.5, 0.6) is 0 Å². The Hall–Kier alpha value is -1.82. The van der Waals surface area contributed by atoms with Gasteiger partial charge in [-0.25, -0.2) is 4.68 Å². The lowest BCUT2D eigenvalue weighted by Gasteiger charge is -2.06. The number of aryl methyl sites for hydroxylation is 1. The standard InChI is InChI=1S/C17H15Cl2N3OS/c1-3-20-17-22(21-9-13-6-4-11(2)23-13)16(10-24-17)14-8-12(18)5-7-15(14)19/h4-10H,3H2,1-2H3. The van der Waals surface area contributed by atoms with Gasteiger partial charge in [0.2, 0.25) is 4.80 Å². The van der Waals surface area contributed by atoms with Gasteiger partial charge in [-0.2, -0.15) is 5.10 Å². The zero-order valence-electron chi connectivity index (χ0n) is 13.2. The van der Waals surface area contributed by atoms with Gasteiger partial charge in [-0.15, -0.1) is 11.3 Å². The third kappa shape index (κ3) is 3.64. The molecule has 0 atom stereocenters. The maximum Gasteiger partial charge on any atom is 0.206 e. The molecule has 2 heterocycles. The Morgan fingerprint density at radius 2 is 2.08 bits per heavy atom. The molecule has 3 aromatic rings. The average molecular weight is 380 g/mol. The third-order valence-electron chi connectivity index (χ3n) is 3.24. The number of hydrogen-bond acceptors (Lipinski definition) is 4. The smallest absolute Gasteiger partial charge is 0.206 e. The number of rotatable bonds is 4. The second-order valence-corrected chi connectivity index (χ2v) is 6.69. The van der Waals surface area contributed by atoms with Gasteiger partial charge in [-0.05, 0) is 44.2 Å². The molecule has 0 fully saturated rings. The van der Waals surface area contributed by atoms with Crippen molar-refractivity contribution < 1.29 is 4.42 Å². The topological polar surface area (TPSA) is 42.8 Å². The molecule has 0 aliphatic rings. The highest BCUT2D eigenvalue weighted by Gasteiger charge is 2.11. The summed E-state index contributed by atoms with van der Waals surface area (Å²) in [6.07, 6.45) is 1.66. The largest absolute Gasteiger partial charge is 0.460 e. The highest BCUT2D eigenvalue weighted by molar-refractivity contribution is 7.07. The number of benzene rings is 1. The van der Waals surface area contributed by atoms with Crippen LogP contribution >= 0.6 is 34.5 Å². The number of hydrogen-bond donors (Lipinski definition) is 0. The van der Waals surface area contributed by atoms with Crippen LogP contribution in [0.4, 0.5) is 0 Å². The van der Waals surface area contributed by atoms with Crippen molar-refractivity contribution in [3.8, 4) is 11.3 Å². The van der Waals surface area contributed by atoms with Crippen LogP contribution in [0.2, 0.25) is 10.0 Å². The average Bonchev–Trinajstić information content (AvgIpc) is 3.14. The van der Waals surface area contributed by atoms with Gasteiger partial charge in [0.15, 0.2) is 0 Å². The van der Waals surface area contributed by atoms with Crippen LogP contribution in [0.25, 0.3) is 11.3 Å². The molecule has 0 bridgehead atoms. The molecule has 0 aliphatic carbocycles. The summed E-state index contributed by atoms with van der Waals surface area (Å²) >= 11 is 14.0. The zero-order chi connectivity index (χ0) is 17.1. The minimum atomic E-state index is 0.609. The van der Waals surface area contributed by atoms with Crippen LogP contribution in [0.15, 0.2) is 50.2 Å². The van der Waals surface area contributed by atoms with Gasteiger partial charge in [0.1, 0.15) is 11.5 Å². The van der Waals surface area contributed by atoms with E-state index in [0.29, 0.717) is 22.4 Å². The van der Waals surface area contributed by atoms with Crippen molar-refractivity contribution >= 4 is 40.8 Å². The minimum absolute atomic E-state index is 0.609. The fourth-order valence-electron chi connectivity index (χ4n) is 2.17. The van der Waals surface area contributed by atoms with E-state index in [1.54, 1.807) is 23.0 Å². The van der Waals surface area contributed by atoms with Crippen molar-refractivity contribution in [2.75, 3.05) is 6.54 Å². The van der Waals surface area contributed by atoms with Gasteiger partial charge >= 0.3 is 0 Å². The molecule has 1 aromatic carbocycles. The van der Waals surface area contributed by atoms with Gasteiger partial charge < -0.3 is 4.42 Å². The molecule has 4 nitrogen and oxygen atoms in total. The van der Waals surface area contributed by atoms with Crippen molar-refractivity contribution in [2.24, 2.45) is 10.1 Å². The van der Waals surface area contributed by atoms with Crippen molar-refractivity contribution in [3.05, 3.63) is 62.1 Å². The quantitative estimate of drug-likeness (QED) is 0.572. The summed E-state index contributed by atoms with van der Waals surface area (Å²) in [5.41, 5.74) is 1.64. The molecule has 24 heavy (non-hydrogen) atoms. The van der Waals surface area contributed by atoms with Crippen LogP contribution in [0.1, 0.15) is 18.4 Å². The molecule has 3 rings (SSSR count). The van der Waals surface area contributed by atoms with E-state index in [2.05, 4.69) is 10.1 Å². The summed E-state index contributed by atoms with van der Waals surface area (Å²) in [5.74, 6) is 1.51. The van der Waals surface area contributed by atoms with E-state index in [1.165, 1.54) is 11.3 Å². The summed E-state index contributed by atoms with van der Waals surface area (Å²) in [6, 6.07) is 9.12. The maximum atomic E-state index is 6.34. The number of aromatic nitrogens is 1. The first-order valence-electron chi connectivity index (χ1n) is 7.35. The Morgan fingerprint density at radius 1 is 1.25 bits per heavy atom. The molecular weight excluding hydrogens is 365 g/mol. The monoisotopic (exact) mass is 379 g/mol. The molecular formula is C17H15Cl2N3OS. The lowest BCUT2D eigenvalue weighted by atomic mass is 10.2. The van der Waals surface area contributed by atoms with Gasteiger partial charge in [0.25, 0.3) is 0 Å². The van der Waals surface area contributed by atoms with Crippen LogP contribution < -0.4 is 4.80 Å². The van der Waals surface area contributed by atoms with E-state index in [1.807, 2.05) is 37.4 Å². The third-order valence-corrected chi connectivity index (χ3v) is 4.66. The summed E-state index contributed by atoms with van der Waals surface area (Å²) in [7, 11) is 0. The van der Waals surface area contributed by atoms with Gasteiger partial charge in [0.05, 0.1) is 16.9 Å². The second kappa shape index (κ2) is 7.38. The Balaban J connectivity index is 2.12. The highest BCUT2D eigenvalue weighted by atomic mass is 35.5. The molecule has 0 spiro atoms. The number of nitrogens with zero attached hydrogens (tertiary/aromatic N) is 3. The SMILES string of the molecule is CCN=c1scc(-c2cc(Cl)ccc2Cl)n1N=Cc1ccc(C)o1. The molecule has 0 unspecified atom stereocenters. The summed E-state index contributed by atoms with van der Waals surface area (Å²) in [5, 5.41) is 7.72. The first-order chi connectivity index (χ1) is 11.6. The zero-order valence-corrected chi connectivity index (χ0v) is 15.5. The van der Waals surface area contributed by atoms with E-state index < -0.39 is 0 Å². The van der Waals surface area contributed by atoms with E-state index in [9.17, 15) is 0 Å². The summed E-state index contributed by atoms with van der Waals surface area (Å²) in [6.45, 7) is 4.54. The number of halogens is 2. The molecule has 0 saturated heterocycles. The van der Waals surface area contributed by atoms with Gasteiger partial charge in [-0.3, -0.25) is 4.99 Å². The van der Waals surface area contributed by atoms with E-state index >= 15 is 0 Å². The fraction of sp³-hybridized carbons (Fsp3) is 0.176. The van der Waals surface area contributed by atoms with Gasteiger partial charge in [-0.1, -0.05) is 23.2 Å². The Labute approximate surface area is 153 Å². The van der Waals surface area contributed by atoms with Crippen LogP contribution in [0.3, 0.4) is 0 Å². The Morgan fingerprint density at radius 3 is 2.79 bits per heavy atom. The molecule has 2 aromatic heterocycles. The van der Waals surface area contributed by atoms with Crippen molar-refractivity contribution in [2.45, 2.75) is 13.8 Å². The normalized spacial score (nSPS) is 12.4. The minimum Gasteiger partial charge on any atom is -0.460 e. The number of thiazole rings is 1. The predicted octanol–water partition coefficient (Wildman–Crippen LogP) is 5.23. The summed E-state index contributed by atoms with van der Waals surface area (Å²) in [4.78, 5) is 5.26. The first-order valence-corrected chi connectivity index (χ1v) is 8.99. The second-order valence-electron chi connectivity index (χ2n) is 5.01. The lowest BCUT2D eigenvalue weighted by Crippen LogP contribution is -2.12. The maximum absolute atomic E-state index is 6.34. The first kappa shape index (κ1) is 17.0. The van der Waals surface area contributed by atoms with Crippen LogP contribution in [-0.4, -0.2) is 17.4 Å². The number of furan rings is 1. The molecule has 0 N–H and O–H groups in total. The Bertz CT molecular complexity index is 953. The molecule has 0 amide bonds.